The van der Waals surface area contributed by atoms with Crippen LogP contribution in [0.15, 0.2) is 65.6 Å². The zero-order valence-electron chi connectivity index (χ0n) is 15.7. The van der Waals surface area contributed by atoms with Crippen molar-refractivity contribution in [1.29, 1.82) is 0 Å². The summed E-state index contributed by atoms with van der Waals surface area (Å²) in [6.07, 6.45) is 6.87. The standard InChI is InChI=1S/C22H19N5O2/c28-22(19-13-20(29-26-19)17-4-1-9-23-14-17)27-11-7-15(8-12-27)18-6-5-16-3-2-10-24-21(16)25-18/h1-6,9-10,13-15H,7-8,11-12H2. The highest BCUT2D eigenvalue weighted by Gasteiger charge is 2.27. The Hall–Kier alpha value is -3.61. The van der Waals surface area contributed by atoms with Crippen molar-refractivity contribution in [2.45, 2.75) is 18.8 Å². The van der Waals surface area contributed by atoms with Crippen LogP contribution in [0.4, 0.5) is 0 Å². The van der Waals surface area contributed by atoms with E-state index in [1.807, 2.05) is 29.2 Å². The maximum Gasteiger partial charge on any atom is 0.276 e. The van der Waals surface area contributed by atoms with Crippen LogP contribution in [0, 0.1) is 0 Å². The zero-order chi connectivity index (χ0) is 19.6. The molecule has 7 heteroatoms. The molecule has 144 valence electrons. The van der Waals surface area contributed by atoms with Crippen molar-refractivity contribution < 1.29 is 9.32 Å². The highest BCUT2D eigenvalue weighted by Crippen LogP contribution is 2.29. The summed E-state index contributed by atoms with van der Waals surface area (Å²) < 4.78 is 5.34. The molecule has 4 aromatic rings. The molecule has 0 aromatic carbocycles. The number of fused-ring (bicyclic) bond motifs is 1. The molecule has 1 aliphatic heterocycles. The van der Waals surface area contributed by atoms with Gasteiger partial charge in [-0.05, 0) is 49.2 Å². The molecule has 5 heterocycles. The Bertz CT molecular complexity index is 1150. The fraction of sp³-hybridized carbons (Fsp3) is 0.227. The van der Waals surface area contributed by atoms with E-state index in [0.717, 1.165) is 35.1 Å². The topological polar surface area (TPSA) is 85.0 Å². The highest BCUT2D eigenvalue weighted by molar-refractivity contribution is 5.93. The Kier molecular flexibility index (Phi) is 4.48. The first-order chi connectivity index (χ1) is 14.3. The van der Waals surface area contributed by atoms with Crippen LogP contribution >= 0.6 is 0 Å². The molecule has 1 saturated heterocycles. The summed E-state index contributed by atoms with van der Waals surface area (Å²) >= 11 is 0. The van der Waals surface area contributed by atoms with Crippen LogP contribution in [0.1, 0.15) is 34.9 Å². The van der Waals surface area contributed by atoms with Gasteiger partial charge in [0.2, 0.25) is 0 Å². The van der Waals surface area contributed by atoms with Crippen molar-refractivity contribution >= 4 is 16.9 Å². The third-order valence-corrected chi connectivity index (χ3v) is 5.36. The second kappa shape index (κ2) is 7.43. The van der Waals surface area contributed by atoms with Gasteiger partial charge in [0.05, 0.1) is 0 Å². The molecule has 0 N–H and O–H groups in total. The van der Waals surface area contributed by atoms with Crippen LogP contribution in [0.3, 0.4) is 0 Å². The van der Waals surface area contributed by atoms with E-state index in [4.69, 9.17) is 9.51 Å². The second-order valence-corrected chi connectivity index (χ2v) is 7.17. The predicted octanol–water partition coefficient (Wildman–Crippen LogP) is 3.70. The largest absolute Gasteiger partial charge is 0.355 e. The summed E-state index contributed by atoms with van der Waals surface area (Å²) in [6, 6.07) is 13.4. The zero-order valence-corrected chi connectivity index (χ0v) is 15.7. The van der Waals surface area contributed by atoms with E-state index >= 15 is 0 Å². The molecule has 5 rings (SSSR count). The molecular formula is C22H19N5O2. The van der Waals surface area contributed by atoms with Gasteiger partial charge in [-0.2, -0.15) is 0 Å². The first kappa shape index (κ1) is 17.5. The first-order valence-electron chi connectivity index (χ1n) is 9.66. The molecule has 0 bridgehead atoms. The Labute approximate surface area is 167 Å². The number of carbonyl (C=O) groups is 1. The minimum Gasteiger partial charge on any atom is -0.355 e. The molecule has 4 aromatic heterocycles. The lowest BCUT2D eigenvalue weighted by Crippen LogP contribution is -2.38. The molecule has 1 aliphatic rings. The van der Waals surface area contributed by atoms with Gasteiger partial charge in [0.25, 0.3) is 5.91 Å². The maximum absolute atomic E-state index is 12.8. The summed E-state index contributed by atoms with van der Waals surface area (Å²) in [5, 5.41) is 5.01. The number of likely N-dealkylation sites (tertiary alicyclic amines) is 1. The van der Waals surface area contributed by atoms with Crippen molar-refractivity contribution in [2.75, 3.05) is 13.1 Å². The minimum absolute atomic E-state index is 0.101. The molecule has 29 heavy (non-hydrogen) atoms. The average molecular weight is 385 g/mol. The van der Waals surface area contributed by atoms with Gasteiger partial charge in [-0.25, -0.2) is 9.97 Å². The van der Waals surface area contributed by atoms with E-state index in [-0.39, 0.29) is 5.91 Å². The number of amides is 1. The third kappa shape index (κ3) is 3.47. The summed E-state index contributed by atoms with van der Waals surface area (Å²) in [6.45, 7) is 1.33. The lowest BCUT2D eigenvalue weighted by molar-refractivity contribution is 0.0701. The van der Waals surface area contributed by atoms with E-state index in [0.29, 0.717) is 30.5 Å². The van der Waals surface area contributed by atoms with Gasteiger partial charge in [0, 0.05) is 60.3 Å². The van der Waals surface area contributed by atoms with E-state index in [1.165, 1.54) is 0 Å². The van der Waals surface area contributed by atoms with Gasteiger partial charge in [-0.3, -0.25) is 9.78 Å². The Balaban J connectivity index is 1.26. The fourth-order valence-corrected chi connectivity index (χ4v) is 3.76. The molecule has 0 atom stereocenters. The number of carbonyl (C=O) groups excluding carboxylic acids is 1. The van der Waals surface area contributed by atoms with Gasteiger partial charge in [-0.15, -0.1) is 0 Å². The van der Waals surface area contributed by atoms with Crippen molar-refractivity contribution in [1.82, 2.24) is 25.0 Å². The summed E-state index contributed by atoms with van der Waals surface area (Å²) in [4.78, 5) is 27.8. The van der Waals surface area contributed by atoms with Crippen molar-refractivity contribution in [3.8, 4) is 11.3 Å². The van der Waals surface area contributed by atoms with Crippen LogP contribution in [0.5, 0.6) is 0 Å². The average Bonchev–Trinajstić information content (AvgIpc) is 3.29. The molecule has 0 unspecified atom stereocenters. The highest BCUT2D eigenvalue weighted by atomic mass is 16.5. The molecule has 0 radical (unpaired) electrons. The van der Waals surface area contributed by atoms with Crippen LogP contribution < -0.4 is 0 Å². The van der Waals surface area contributed by atoms with Gasteiger partial charge in [-0.1, -0.05) is 5.16 Å². The molecule has 0 aliphatic carbocycles. The molecule has 0 saturated carbocycles. The van der Waals surface area contributed by atoms with Crippen molar-refractivity contribution in [3.63, 3.8) is 0 Å². The Morgan fingerprint density at radius 3 is 2.76 bits per heavy atom. The number of aromatic nitrogens is 4. The van der Waals surface area contributed by atoms with E-state index in [1.54, 1.807) is 24.7 Å². The fourth-order valence-electron chi connectivity index (χ4n) is 3.76. The van der Waals surface area contributed by atoms with Crippen LogP contribution in [0.2, 0.25) is 0 Å². The first-order valence-corrected chi connectivity index (χ1v) is 9.66. The van der Waals surface area contributed by atoms with E-state index < -0.39 is 0 Å². The number of hydrogen-bond donors (Lipinski definition) is 0. The van der Waals surface area contributed by atoms with Crippen LogP contribution in [-0.4, -0.2) is 44.0 Å². The Morgan fingerprint density at radius 2 is 1.93 bits per heavy atom. The summed E-state index contributed by atoms with van der Waals surface area (Å²) in [7, 11) is 0. The quantitative estimate of drug-likeness (QED) is 0.535. The van der Waals surface area contributed by atoms with E-state index in [9.17, 15) is 4.79 Å². The molecule has 0 spiro atoms. The van der Waals surface area contributed by atoms with Crippen LogP contribution in [0.25, 0.3) is 22.4 Å². The van der Waals surface area contributed by atoms with Crippen molar-refractivity contribution in [2.24, 2.45) is 0 Å². The second-order valence-electron chi connectivity index (χ2n) is 7.17. The maximum atomic E-state index is 12.8. The normalized spacial score (nSPS) is 15.0. The van der Waals surface area contributed by atoms with Crippen LogP contribution in [-0.2, 0) is 0 Å². The van der Waals surface area contributed by atoms with Gasteiger partial charge in [0.1, 0.15) is 0 Å². The molecule has 7 nitrogen and oxygen atoms in total. The SMILES string of the molecule is O=C(c1cc(-c2cccnc2)on1)N1CCC(c2ccc3cccnc3n2)CC1. The van der Waals surface area contributed by atoms with Crippen molar-refractivity contribution in [3.05, 3.63) is 72.4 Å². The third-order valence-electron chi connectivity index (χ3n) is 5.36. The minimum atomic E-state index is -0.101. The predicted molar refractivity (Wildman–Crippen MR) is 107 cm³/mol. The summed E-state index contributed by atoms with van der Waals surface area (Å²) in [5.74, 6) is 0.772. The number of piperidine rings is 1. The molecule has 1 amide bonds. The molecular weight excluding hydrogens is 366 g/mol. The number of nitrogens with zero attached hydrogens (tertiary/aromatic N) is 5. The number of pyridine rings is 3. The number of hydrogen-bond acceptors (Lipinski definition) is 6. The monoisotopic (exact) mass is 385 g/mol. The van der Waals surface area contributed by atoms with E-state index in [2.05, 4.69) is 27.3 Å². The smallest absolute Gasteiger partial charge is 0.276 e. The lowest BCUT2D eigenvalue weighted by Gasteiger charge is -2.31. The van der Waals surface area contributed by atoms with Gasteiger partial charge < -0.3 is 9.42 Å². The summed E-state index contributed by atoms with van der Waals surface area (Å²) in [5.41, 5.74) is 2.95. The Morgan fingerprint density at radius 1 is 1.07 bits per heavy atom. The molecule has 1 fully saturated rings. The number of rotatable bonds is 3. The van der Waals surface area contributed by atoms with Gasteiger partial charge >= 0.3 is 0 Å². The van der Waals surface area contributed by atoms with Gasteiger partial charge in [0.15, 0.2) is 17.1 Å². The lowest BCUT2D eigenvalue weighted by atomic mass is 9.92.